The molecule has 134 valence electrons. The van der Waals surface area contributed by atoms with Crippen molar-refractivity contribution < 1.29 is 0 Å². The molecule has 1 nitrogen and oxygen atoms in total. The molecule has 0 saturated heterocycles. The van der Waals surface area contributed by atoms with E-state index in [9.17, 15) is 4.79 Å². The lowest BCUT2D eigenvalue weighted by atomic mass is 10.1. The fraction of sp³-hybridized carbons (Fsp3) is 0.0385. The van der Waals surface area contributed by atoms with Crippen molar-refractivity contribution in [2.24, 2.45) is 0 Å². The van der Waals surface area contributed by atoms with E-state index in [2.05, 4.69) is 48.5 Å². The summed E-state index contributed by atoms with van der Waals surface area (Å²) in [5, 5.41) is 1.64. The lowest BCUT2D eigenvalue weighted by Gasteiger charge is -1.99. The van der Waals surface area contributed by atoms with Gasteiger partial charge in [-0.2, -0.15) is 0 Å². The Labute approximate surface area is 167 Å². The molecule has 1 aliphatic rings. The Morgan fingerprint density at radius 1 is 0.536 bits per heavy atom. The topological polar surface area (TPSA) is 17.1 Å². The Kier molecular flexibility index (Phi) is 4.27. The van der Waals surface area contributed by atoms with Crippen LogP contribution in [0, 0.1) is 0 Å². The van der Waals surface area contributed by atoms with Gasteiger partial charge in [0, 0.05) is 20.2 Å². The van der Waals surface area contributed by atoms with Crippen molar-refractivity contribution in [3.05, 3.63) is 118 Å². The summed E-state index contributed by atoms with van der Waals surface area (Å²) in [6.45, 7) is 0. The van der Waals surface area contributed by atoms with Gasteiger partial charge in [0.25, 0.3) is 0 Å². The van der Waals surface area contributed by atoms with Crippen molar-refractivity contribution in [2.45, 2.75) is 6.42 Å². The minimum absolute atomic E-state index is 0.139. The van der Waals surface area contributed by atoms with Crippen molar-refractivity contribution in [3.8, 4) is 11.1 Å². The van der Waals surface area contributed by atoms with Gasteiger partial charge in [0.05, 0.1) is 0 Å². The predicted octanol–water partition coefficient (Wildman–Crippen LogP) is 6.67. The van der Waals surface area contributed by atoms with Crippen molar-refractivity contribution in [1.82, 2.24) is 0 Å². The zero-order valence-electron chi connectivity index (χ0n) is 15.3. The summed E-state index contributed by atoms with van der Waals surface area (Å²) in [6, 6.07) is 32.8. The van der Waals surface area contributed by atoms with Crippen molar-refractivity contribution >= 4 is 31.5 Å². The third-order valence-electron chi connectivity index (χ3n) is 5.19. The number of rotatable bonds is 0. The minimum Gasteiger partial charge on any atom is -0.289 e. The van der Waals surface area contributed by atoms with Crippen molar-refractivity contribution in [2.75, 3.05) is 0 Å². The first-order chi connectivity index (χ1) is 13.8. The summed E-state index contributed by atoms with van der Waals surface area (Å²) in [5.74, 6) is 0. The predicted molar refractivity (Wildman–Crippen MR) is 120 cm³/mol. The first kappa shape index (κ1) is 16.9. The molecule has 0 fully saturated rings. The molecule has 1 aromatic heterocycles. The van der Waals surface area contributed by atoms with E-state index in [1.54, 1.807) is 11.3 Å². The van der Waals surface area contributed by atoms with Crippen LogP contribution in [0.25, 0.3) is 31.3 Å². The lowest BCUT2D eigenvalue weighted by molar-refractivity contribution is 1.26. The molecule has 0 atom stereocenters. The highest BCUT2D eigenvalue weighted by atomic mass is 32.1. The molecule has 0 amide bonds. The molecule has 2 heteroatoms. The Hall–Kier alpha value is -3.23. The molecule has 0 bridgehead atoms. The Balaban J connectivity index is 0.000000123. The summed E-state index contributed by atoms with van der Waals surface area (Å²) in [7, 11) is 0. The van der Waals surface area contributed by atoms with Crippen LogP contribution in [0.5, 0.6) is 0 Å². The van der Waals surface area contributed by atoms with Crippen LogP contribution in [0.3, 0.4) is 0 Å². The van der Waals surface area contributed by atoms with Gasteiger partial charge in [-0.1, -0.05) is 72.8 Å². The van der Waals surface area contributed by atoms with Crippen LogP contribution in [0.4, 0.5) is 0 Å². The van der Waals surface area contributed by atoms with Crippen molar-refractivity contribution in [3.63, 3.8) is 0 Å². The Bertz CT molecular complexity index is 1260. The largest absolute Gasteiger partial charge is 0.289 e. The van der Waals surface area contributed by atoms with Crippen LogP contribution in [0.1, 0.15) is 11.1 Å². The van der Waals surface area contributed by atoms with Gasteiger partial charge in [0.15, 0.2) is 5.43 Å². The number of hydrogen-bond acceptors (Lipinski definition) is 2. The van der Waals surface area contributed by atoms with Crippen LogP contribution in [-0.2, 0) is 6.42 Å². The maximum absolute atomic E-state index is 12.1. The quantitative estimate of drug-likeness (QED) is 0.270. The van der Waals surface area contributed by atoms with Gasteiger partial charge < -0.3 is 0 Å². The summed E-state index contributed by atoms with van der Waals surface area (Å²) in [4.78, 5) is 12.1. The van der Waals surface area contributed by atoms with Gasteiger partial charge in [-0.05, 0) is 52.9 Å². The first-order valence-corrected chi connectivity index (χ1v) is 10.2. The monoisotopic (exact) mass is 378 g/mol. The molecule has 0 unspecified atom stereocenters. The molecular formula is C26H18OS. The van der Waals surface area contributed by atoms with Crippen LogP contribution < -0.4 is 5.43 Å². The third kappa shape index (κ3) is 2.92. The standard InChI is InChI=1S/C13H8OS.C13H10/c14-13-9-5-1-3-7-11(9)15-12-8-4-2-6-10(12)13;1-3-7-12-10(5-1)9-11-6-2-4-8-13(11)12/h1-8H;1-8H,9H2. The van der Waals surface area contributed by atoms with Crippen LogP contribution >= 0.6 is 11.3 Å². The highest BCUT2D eigenvalue weighted by Crippen LogP contribution is 2.35. The van der Waals surface area contributed by atoms with Crippen LogP contribution in [0.15, 0.2) is 102 Å². The molecule has 1 heterocycles. The molecule has 4 aromatic carbocycles. The molecule has 0 spiro atoms. The van der Waals surface area contributed by atoms with Gasteiger partial charge in [0.1, 0.15) is 0 Å². The molecule has 0 N–H and O–H groups in total. The molecule has 28 heavy (non-hydrogen) atoms. The summed E-state index contributed by atoms with van der Waals surface area (Å²) < 4.78 is 2.11. The van der Waals surface area contributed by atoms with Gasteiger partial charge in [0.2, 0.25) is 0 Å². The van der Waals surface area contributed by atoms with E-state index in [0.29, 0.717) is 0 Å². The highest BCUT2D eigenvalue weighted by Gasteiger charge is 2.15. The normalized spacial score (nSPS) is 11.6. The van der Waals surface area contributed by atoms with E-state index < -0.39 is 0 Å². The Morgan fingerprint density at radius 2 is 0.964 bits per heavy atom. The van der Waals surface area contributed by atoms with E-state index in [4.69, 9.17) is 0 Å². The first-order valence-electron chi connectivity index (χ1n) is 9.38. The van der Waals surface area contributed by atoms with Gasteiger partial charge >= 0.3 is 0 Å². The maximum atomic E-state index is 12.1. The summed E-state index contributed by atoms with van der Waals surface area (Å²) in [6.07, 6.45) is 1.10. The second-order valence-electron chi connectivity index (χ2n) is 6.91. The Morgan fingerprint density at radius 3 is 1.50 bits per heavy atom. The van der Waals surface area contributed by atoms with Crippen molar-refractivity contribution in [1.29, 1.82) is 0 Å². The third-order valence-corrected chi connectivity index (χ3v) is 6.34. The summed E-state index contributed by atoms with van der Waals surface area (Å²) in [5.41, 5.74) is 5.89. The van der Waals surface area contributed by atoms with E-state index in [-0.39, 0.29) is 5.43 Å². The summed E-state index contributed by atoms with van der Waals surface area (Å²) >= 11 is 1.67. The van der Waals surface area contributed by atoms with E-state index in [1.165, 1.54) is 22.3 Å². The molecule has 0 radical (unpaired) electrons. The second-order valence-corrected chi connectivity index (χ2v) is 8.00. The zero-order chi connectivity index (χ0) is 18.9. The van der Waals surface area contributed by atoms with Gasteiger partial charge in [-0.25, -0.2) is 0 Å². The molecule has 1 aliphatic carbocycles. The fourth-order valence-corrected chi connectivity index (χ4v) is 4.90. The lowest BCUT2D eigenvalue weighted by Crippen LogP contribution is -1.99. The molecule has 5 aromatic rings. The average Bonchev–Trinajstić information content (AvgIpc) is 3.13. The van der Waals surface area contributed by atoms with Crippen LogP contribution in [-0.4, -0.2) is 0 Å². The zero-order valence-corrected chi connectivity index (χ0v) is 16.1. The second kappa shape index (κ2) is 7.06. The molecule has 0 saturated carbocycles. The number of benzene rings is 4. The van der Waals surface area contributed by atoms with Gasteiger partial charge in [-0.15, -0.1) is 11.3 Å². The van der Waals surface area contributed by atoms with Gasteiger partial charge in [-0.3, -0.25) is 4.79 Å². The van der Waals surface area contributed by atoms with E-state index in [0.717, 1.165) is 26.6 Å². The van der Waals surface area contributed by atoms with Crippen LogP contribution in [0.2, 0.25) is 0 Å². The van der Waals surface area contributed by atoms with E-state index >= 15 is 0 Å². The minimum atomic E-state index is 0.139. The average molecular weight is 378 g/mol. The smallest absolute Gasteiger partial charge is 0.195 e. The highest BCUT2D eigenvalue weighted by molar-refractivity contribution is 7.24. The molecule has 6 rings (SSSR count). The van der Waals surface area contributed by atoms with E-state index in [1.807, 2.05) is 48.5 Å². The number of fused-ring (bicyclic) bond motifs is 5. The fourth-order valence-electron chi connectivity index (χ4n) is 3.83. The molecular weight excluding hydrogens is 360 g/mol. The number of hydrogen-bond donors (Lipinski definition) is 0. The SMILES string of the molecule is O=c1c2ccccc2sc2ccccc12.c1ccc2c(c1)Cc1ccccc1-2. The maximum Gasteiger partial charge on any atom is 0.195 e. The molecule has 0 aliphatic heterocycles.